The predicted octanol–water partition coefficient (Wildman–Crippen LogP) is 4.94. The number of ether oxygens (including phenoxy) is 1. The number of imidazole rings is 1. The number of hydrogen-bond acceptors (Lipinski definition) is 7. The number of likely N-dealkylation sites (N-methyl/N-ethyl adjacent to an activating group) is 1. The largest absolute Gasteiger partial charge is 0.444 e. The fraction of sp³-hybridized carbons (Fsp3) is 0.469. The van der Waals surface area contributed by atoms with Crippen molar-refractivity contribution in [1.82, 2.24) is 19.4 Å². The van der Waals surface area contributed by atoms with Crippen molar-refractivity contribution < 1.29 is 36.7 Å². The summed E-state index contributed by atoms with van der Waals surface area (Å²) in [5, 5.41) is 0. The number of amides is 3. The summed E-state index contributed by atoms with van der Waals surface area (Å²) in [5.74, 6) is -2.65. The van der Waals surface area contributed by atoms with Crippen LogP contribution in [0.2, 0.25) is 0 Å². The molecule has 3 aliphatic heterocycles. The molecule has 47 heavy (non-hydrogen) atoms. The van der Waals surface area contributed by atoms with Crippen LogP contribution in [0.3, 0.4) is 0 Å². The first-order valence-electron chi connectivity index (χ1n) is 15.2. The van der Waals surface area contributed by atoms with Gasteiger partial charge in [0, 0.05) is 50.9 Å². The number of likely N-dealkylation sites (tertiary alicyclic amines) is 1. The molecule has 6 rings (SSSR count). The van der Waals surface area contributed by atoms with Crippen molar-refractivity contribution in [3.63, 3.8) is 0 Å². The number of hydrogen-bond donors (Lipinski definition) is 0. The zero-order valence-corrected chi connectivity index (χ0v) is 26.6. The second-order valence-corrected chi connectivity index (χ2v) is 13.3. The number of fused-ring (bicyclic) bond motifs is 2. The van der Waals surface area contributed by atoms with Crippen LogP contribution in [0.25, 0.3) is 0 Å². The highest BCUT2D eigenvalue weighted by molar-refractivity contribution is 6.10. The number of nitrogens with zero attached hydrogens (tertiary/aromatic N) is 7. The Balaban J connectivity index is 1.29. The minimum absolute atomic E-state index is 0.0299. The van der Waals surface area contributed by atoms with Gasteiger partial charge in [0.1, 0.15) is 23.3 Å². The Morgan fingerprint density at radius 1 is 1.09 bits per heavy atom. The molecule has 0 aliphatic carbocycles. The van der Waals surface area contributed by atoms with Crippen molar-refractivity contribution in [2.24, 2.45) is 5.92 Å². The van der Waals surface area contributed by atoms with Crippen LogP contribution in [0, 0.1) is 18.7 Å². The summed E-state index contributed by atoms with van der Waals surface area (Å²) >= 11 is 0. The highest BCUT2D eigenvalue weighted by atomic mass is 19.4. The molecule has 5 heterocycles. The number of aryl methyl sites for hydroxylation is 1. The van der Waals surface area contributed by atoms with E-state index in [-0.39, 0.29) is 48.4 Å². The molecule has 3 aromatic rings. The van der Waals surface area contributed by atoms with E-state index in [1.54, 1.807) is 43.0 Å². The van der Waals surface area contributed by atoms with E-state index in [9.17, 15) is 27.6 Å². The number of aromatic nitrogens is 3. The van der Waals surface area contributed by atoms with Crippen LogP contribution in [-0.4, -0.2) is 75.7 Å². The predicted molar refractivity (Wildman–Crippen MR) is 163 cm³/mol. The van der Waals surface area contributed by atoms with Gasteiger partial charge in [-0.25, -0.2) is 19.2 Å². The van der Waals surface area contributed by atoms with E-state index in [2.05, 4.69) is 9.97 Å². The van der Waals surface area contributed by atoms with E-state index < -0.39 is 53.0 Å². The molecule has 0 spiro atoms. The maximum Gasteiger partial charge on any atom is 0.416 e. The normalized spacial score (nSPS) is 20.5. The van der Waals surface area contributed by atoms with Gasteiger partial charge < -0.3 is 24.0 Å². The zero-order chi connectivity index (χ0) is 34.0. The first-order chi connectivity index (χ1) is 22.0. The van der Waals surface area contributed by atoms with Gasteiger partial charge in [-0.15, -0.1) is 0 Å². The smallest absolute Gasteiger partial charge is 0.416 e. The summed E-state index contributed by atoms with van der Waals surface area (Å²) in [7, 11) is 1.45. The number of carbonyl (C=O) groups excluding carboxylic acids is 3. The Morgan fingerprint density at radius 3 is 2.49 bits per heavy atom. The molecule has 15 heteroatoms. The van der Waals surface area contributed by atoms with E-state index in [0.717, 1.165) is 17.0 Å². The minimum Gasteiger partial charge on any atom is -0.444 e. The Bertz CT molecular complexity index is 1730. The highest BCUT2D eigenvalue weighted by Crippen LogP contribution is 2.42. The number of halogens is 4. The lowest BCUT2D eigenvalue weighted by Crippen LogP contribution is -2.52. The second-order valence-electron chi connectivity index (χ2n) is 13.3. The van der Waals surface area contributed by atoms with Gasteiger partial charge in [0.2, 0.25) is 11.8 Å². The molecule has 0 saturated carbocycles. The topological polar surface area (TPSA) is 104 Å². The zero-order valence-electron chi connectivity index (χ0n) is 26.6. The summed E-state index contributed by atoms with van der Waals surface area (Å²) in [5.41, 5.74) is -0.570. The van der Waals surface area contributed by atoms with E-state index >= 15 is 4.39 Å². The molecule has 2 fully saturated rings. The fourth-order valence-electron chi connectivity index (χ4n) is 6.38. The van der Waals surface area contributed by atoms with Crippen LogP contribution in [0.15, 0.2) is 42.9 Å². The monoisotopic (exact) mass is 657 g/mol. The number of carbonyl (C=O) groups is 3. The summed E-state index contributed by atoms with van der Waals surface area (Å²) in [4.78, 5) is 54.1. The second kappa shape index (κ2) is 11.5. The molecular weight excluding hydrogens is 622 g/mol. The number of rotatable bonds is 4. The molecule has 2 atom stereocenters. The molecule has 0 radical (unpaired) electrons. The third kappa shape index (κ3) is 6.22. The lowest BCUT2D eigenvalue weighted by molar-refractivity contribution is -0.137. The molecule has 11 nitrogen and oxygen atoms in total. The molecule has 2 aromatic heterocycles. The SMILES string of the molecule is Cc1cc(C(F)(F)F)cc(N2C(=O)C[C@@H]3CN(Cc4cn(C5CN(C(=O)OC(C)(C)C)C5)cn4)c4c(F)cccc4N(C)C(=O)[C@H]32)n1. The van der Waals surface area contributed by atoms with Crippen LogP contribution < -0.4 is 14.7 Å². The Morgan fingerprint density at radius 2 is 1.81 bits per heavy atom. The molecule has 0 bridgehead atoms. The number of alkyl halides is 3. The van der Waals surface area contributed by atoms with Crippen LogP contribution in [0.1, 0.15) is 50.2 Å². The maximum atomic E-state index is 15.6. The summed E-state index contributed by atoms with van der Waals surface area (Å²) in [6.45, 7) is 7.82. The van der Waals surface area contributed by atoms with Crippen LogP contribution in [0.4, 0.5) is 39.5 Å². The van der Waals surface area contributed by atoms with Crippen molar-refractivity contribution in [3.05, 3.63) is 65.6 Å². The third-order valence-electron chi connectivity index (χ3n) is 8.57. The Hall–Kier alpha value is -4.69. The number of para-hydroxylation sites is 1. The summed E-state index contributed by atoms with van der Waals surface area (Å²) in [6, 6.07) is 4.78. The van der Waals surface area contributed by atoms with Crippen LogP contribution in [-0.2, 0) is 27.0 Å². The van der Waals surface area contributed by atoms with Crippen LogP contribution in [0.5, 0.6) is 0 Å². The average molecular weight is 658 g/mol. The highest BCUT2D eigenvalue weighted by Gasteiger charge is 2.49. The van der Waals surface area contributed by atoms with Crippen molar-refractivity contribution >= 4 is 35.1 Å². The van der Waals surface area contributed by atoms with Gasteiger partial charge in [0.25, 0.3) is 0 Å². The van der Waals surface area contributed by atoms with Gasteiger partial charge in [-0.2, -0.15) is 13.2 Å². The van der Waals surface area contributed by atoms with E-state index in [4.69, 9.17) is 4.74 Å². The Kier molecular flexibility index (Phi) is 7.91. The van der Waals surface area contributed by atoms with E-state index in [1.165, 1.54) is 31.0 Å². The fourth-order valence-corrected chi connectivity index (χ4v) is 6.38. The van der Waals surface area contributed by atoms with Gasteiger partial charge in [-0.3, -0.25) is 14.5 Å². The molecule has 0 unspecified atom stereocenters. The van der Waals surface area contributed by atoms with Gasteiger partial charge >= 0.3 is 12.3 Å². The number of anilines is 3. The molecule has 3 amide bonds. The van der Waals surface area contributed by atoms with Crippen molar-refractivity contribution in [2.75, 3.05) is 41.4 Å². The molecule has 1 aromatic carbocycles. The average Bonchev–Trinajstić information content (AvgIpc) is 3.52. The van der Waals surface area contributed by atoms with Gasteiger partial charge in [-0.1, -0.05) is 6.07 Å². The quantitative estimate of drug-likeness (QED) is 0.366. The first kappa shape index (κ1) is 32.3. The molecule has 2 saturated heterocycles. The molecular formula is C32H35F4N7O4. The lowest BCUT2D eigenvalue weighted by atomic mass is 9.95. The molecule has 3 aliphatic rings. The molecule has 250 valence electrons. The van der Waals surface area contributed by atoms with Gasteiger partial charge in [0.05, 0.1) is 41.5 Å². The van der Waals surface area contributed by atoms with Crippen molar-refractivity contribution in [3.8, 4) is 0 Å². The van der Waals surface area contributed by atoms with Crippen LogP contribution >= 0.6 is 0 Å². The van der Waals surface area contributed by atoms with Gasteiger partial charge in [0.15, 0.2) is 0 Å². The van der Waals surface area contributed by atoms with Gasteiger partial charge in [-0.05, 0) is 52.0 Å². The van der Waals surface area contributed by atoms with E-state index in [1.807, 2.05) is 10.8 Å². The third-order valence-corrected chi connectivity index (χ3v) is 8.57. The van der Waals surface area contributed by atoms with Crippen molar-refractivity contribution in [1.29, 1.82) is 0 Å². The lowest BCUT2D eigenvalue weighted by Gasteiger charge is -2.40. The van der Waals surface area contributed by atoms with Crippen molar-refractivity contribution in [2.45, 2.75) is 64.5 Å². The minimum atomic E-state index is -4.68. The Labute approximate surface area is 268 Å². The van der Waals surface area contributed by atoms with E-state index in [0.29, 0.717) is 18.8 Å². The summed E-state index contributed by atoms with van der Waals surface area (Å²) < 4.78 is 64.0. The number of benzene rings is 1. The summed E-state index contributed by atoms with van der Waals surface area (Å²) in [6.07, 6.45) is -1.79. The molecule has 0 N–H and O–H groups in total. The number of pyridine rings is 1. The maximum absolute atomic E-state index is 15.6. The standard InChI is InChI=1S/C32H35F4N7O4/c1-18-9-20(32(34,35)36)11-25(38-18)43-26(44)10-19-12-40(28-23(33)7-6-8-24(28)39(5)29(45)27(19)43)13-21-14-42(17-37-21)22-15-41(16-22)30(46)47-31(2,3)4/h6-9,11,14,17,19,22,27H,10,12-13,15-16H2,1-5H3/t19-,27+/m1/s1. The first-order valence-corrected chi connectivity index (χ1v) is 15.2.